The van der Waals surface area contributed by atoms with E-state index in [0.29, 0.717) is 17.4 Å². The predicted octanol–water partition coefficient (Wildman–Crippen LogP) is 3.45. The predicted molar refractivity (Wildman–Crippen MR) is 221 cm³/mol. The van der Waals surface area contributed by atoms with Gasteiger partial charge in [-0.1, -0.05) is 96.3 Å². The van der Waals surface area contributed by atoms with Crippen molar-refractivity contribution < 1.29 is 62.8 Å². The summed E-state index contributed by atoms with van der Waals surface area (Å²) in [6.07, 6.45) is 17.7. The molecule has 4 N–H and O–H groups in total. The fraction of sp³-hybridized carbons (Fsp3) is 0.900. The van der Waals surface area contributed by atoms with Crippen LogP contribution in [0.3, 0.4) is 0 Å². The van der Waals surface area contributed by atoms with Crippen molar-refractivity contribution in [1.82, 2.24) is 19.6 Å². The minimum absolute atomic E-state index is 0.0180. The number of rotatable bonds is 33. The number of carboxylic acids is 4. The van der Waals surface area contributed by atoms with Crippen LogP contribution in [0.25, 0.3) is 0 Å². The highest BCUT2D eigenvalue weighted by molar-refractivity contribution is 7.53. The monoisotopic (exact) mass is 852 g/mol. The number of carbonyl (C=O) groups is 4. The Morgan fingerprint density at radius 2 is 0.914 bits per heavy atom. The first kappa shape index (κ1) is 53.8. The lowest BCUT2D eigenvalue weighted by molar-refractivity contribution is -0.870. The lowest BCUT2D eigenvalue weighted by Crippen LogP contribution is -2.54. The maximum absolute atomic E-state index is 14.6. The van der Waals surface area contributed by atoms with Crippen molar-refractivity contribution in [3.63, 3.8) is 0 Å². The molecule has 58 heavy (non-hydrogen) atoms. The first-order chi connectivity index (χ1) is 27.5. The Balaban J connectivity index is 2.97. The summed E-state index contributed by atoms with van der Waals surface area (Å²) in [5.41, 5.74) is 0. The van der Waals surface area contributed by atoms with E-state index in [1.54, 1.807) is 19.6 Å². The van der Waals surface area contributed by atoms with Gasteiger partial charge >= 0.3 is 31.5 Å². The number of nitrogens with zero attached hydrogens (tertiary/aromatic N) is 5. The van der Waals surface area contributed by atoms with Crippen molar-refractivity contribution in [1.29, 1.82) is 0 Å². The van der Waals surface area contributed by atoms with E-state index in [-0.39, 0.29) is 84.9 Å². The van der Waals surface area contributed by atoms with Crippen LogP contribution < -0.4 is 5.11 Å². The Morgan fingerprint density at radius 1 is 0.552 bits per heavy atom. The Kier molecular flexibility index (Phi) is 29.3. The van der Waals surface area contributed by atoms with E-state index in [9.17, 15) is 49.3 Å². The summed E-state index contributed by atoms with van der Waals surface area (Å²) in [6.45, 7) is 0.151. The van der Waals surface area contributed by atoms with E-state index in [2.05, 4.69) is 0 Å². The zero-order chi connectivity index (χ0) is 43.2. The number of aliphatic carboxylic acids is 4. The lowest BCUT2D eigenvalue weighted by Gasteiger charge is -2.38. The van der Waals surface area contributed by atoms with Crippen LogP contribution in [0.4, 0.5) is 0 Å². The van der Waals surface area contributed by atoms with Gasteiger partial charge in [0.25, 0.3) is 0 Å². The summed E-state index contributed by atoms with van der Waals surface area (Å²) >= 11 is 0. The van der Waals surface area contributed by atoms with Gasteiger partial charge in [0.05, 0.1) is 60.1 Å². The van der Waals surface area contributed by atoms with Crippen molar-refractivity contribution in [3.8, 4) is 0 Å². The molecular weight excluding hydrogens is 773 g/mol. The van der Waals surface area contributed by atoms with Gasteiger partial charge in [-0.05, 0) is 6.42 Å². The zero-order valence-corrected chi connectivity index (χ0v) is 36.8. The smallest absolute Gasteiger partial charge is 0.332 e. The Morgan fingerprint density at radius 3 is 1.33 bits per heavy atom. The van der Waals surface area contributed by atoms with Crippen molar-refractivity contribution in [3.05, 3.63) is 0 Å². The molecule has 0 amide bonds. The molecule has 0 spiro atoms. The molecule has 18 heteroatoms. The van der Waals surface area contributed by atoms with E-state index < -0.39 is 50.6 Å². The van der Waals surface area contributed by atoms with Crippen molar-refractivity contribution >= 4 is 31.5 Å². The van der Waals surface area contributed by atoms with E-state index in [0.717, 1.165) is 32.1 Å². The average Bonchev–Trinajstić information content (AvgIpc) is 3.11. The topological polar surface area (TPSA) is 221 Å². The SMILES string of the molecule is C[N+](C)(C)CCOP(=O)(CC1CN(CC(=O)O)CCN(CC(=O)O)CCN(CC(=O)O)CCN1CC(=O)O)OCCCCCCCCCCCCCCCCCC[O-]. The van der Waals surface area contributed by atoms with Gasteiger partial charge in [0.2, 0.25) is 0 Å². The van der Waals surface area contributed by atoms with Gasteiger partial charge in [0.15, 0.2) is 0 Å². The van der Waals surface area contributed by atoms with E-state index in [4.69, 9.17) is 9.05 Å². The van der Waals surface area contributed by atoms with Crippen LogP contribution in [0.5, 0.6) is 0 Å². The van der Waals surface area contributed by atoms with Crippen LogP contribution in [-0.4, -0.2) is 200 Å². The second-order valence-electron chi connectivity index (χ2n) is 16.8. The van der Waals surface area contributed by atoms with Crippen LogP contribution in [0.15, 0.2) is 0 Å². The van der Waals surface area contributed by atoms with Gasteiger partial charge in [-0.25, -0.2) is 0 Å². The molecule has 2 unspecified atom stereocenters. The fourth-order valence-electron chi connectivity index (χ4n) is 7.07. The van der Waals surface area contributed by atoms with E-state index >= 15 is 0 Å². The average molecular weight is 852 g/mol. The quantitative estimate of drug-likeness (QED) is 0.0422. The molecule has 1 rings (SSSR count). The summed E-state index contributed by atoms with van der Waals surface area (Å²) in [6, 6.07) is -0.815. The zero-order valence-electron chi connectivity index (χ0n) is 35.9. The second kappa shape index (κ2) is 31.6. The minimum Gasteiger partial charge on any atom is -0.854 e. The standard InChI is InChI=1S/C40H78N5O12P/c1-45(2,3)26-29-57-58(55,56-28-19-17-15-13-11-9-7-5-4-6-8-10-12-14-16-18-27-46)35-36-30-43(33-39(51)52)23-22-41(31-37(47)48)20-21-42(32-38(49)50)24-25-44(36)34-40(53)54/h36H,4-35H2,1-3H3,(H,47,48)(H,49,50)(H,51,52)(H,53,54). The molecular formula is C40H78N5O12P. The number of quaternary nitrogens is 1. The Labute approximate surface area is 347 Å². The molecule has 0 aromatic heterocycles. The van der Waals surface area contributed by atoms with Crippen molar-refractivity contribution in [2.24, 2.45) is 0 Å². The normalized spacial score (nSPS) is 18.3. The van der Waals surface area contributed by atoms with Gasteiger partial charge in [-0.2, -0.15) is 0 Å². The third-order valence-corrected chi connectivity index (χ3v) is 12.4. The first-order valence-electron chi connectivity index (χ1n) is 21.6. The maximum atomic E-state index is 14.6. The molecule has 0 aromatic rings. The van der Waals surface area contributed by atoms with Crippen molar-refractivity contribution in [2.75, 3.05) is 126 Å². The summed E-state index contributed by atoms with van der Waals surface area (Å²) in [5.74, 6) is -4.45. The summed E-state index contributed by atoms with van der Waals surface area (Å²) in [7, 11) is 2.04. The molecule has 0 aliphatic carbocycles. The molecule has 1 heterocycles. The highest BCUT2D eigenvalue weighted by atomic mass is 31.2. The number of hydrogen-bond donors (Lipinski definition) is 4. The molecule has 1 aliphatic heterocycles. The molecule has 2 atom stereocenters. The summed E-state index contributed by atoms with van der Waals surface area (Å²) in [4.78, 5) is 54.0. The van der Waals surface area contributed by atoms with Gasteiger partial charge in [-0.3, -0.25) is 43.3 Å². The van der Waals surface area contributed by atoms with Crippen molar-refractivity contribution in [2.45, 2.75) is 109 Å². The third-order valence-electron chi connectivity index (χ3n) is 10.4. The molecule has 340 valence electrons. The first-order valence-corrected chi connectivity index (χ1v) is 23.3. The molecule has 1 saturated heterocycles. The molecule has 0 aromatic carbocycles. The van der Waals surface area contributed by atoms with E-state index in [1.165, 1.54) is 64.2 Å². The highest BCUT2D eigenvalue weighted by Crippen LogP contribution is 2.49. The maximum Gasteiger partial charge on any atom is 0.332 e. The number of unbranched alkanes of at least 4 members (excludes halogenated alkanes) is 15. The van der Waals surface area contributed by atoms with Crippen LogP contribution in [0.2, 0.25) is 0 Å². The number of hydrogen-bond acceptors (Lipinski definition) is 12. The molecule has 1 aliphatic rings. The van der Waals surface area contributed by atoms with Gasteiger partial charge in [-0.15, -0.1) is 6.61 Å². The summed E-state index contributed by atoms with van der Waals surface area (Å²) in [5, 5.41) is 49.4. The number of likely N-dealkylation sites (N-methyl/N-ethyl adjacent to an activating group) is 1. The summed E-state index contributed by atoms with van der Waals surface area (Å²) < 4.78 is 27.3. The van der Waals surface area contributed by atoms with Crippen LogP contribution in [-0.2, 0) is 32.8 Å². The van der Waals surface area contributed by atoms with Crippen LogP contribution >= 0.6 is 7.60 Å². The molecule has 0 bridgehead atoms. The molecule has 1 fully saturated rings. The van der Waals surface area contributed by atoms with Gasteiger partial charge < -0.3 is 39.1 Å². The lowest BCUT2D eigenvalue weighted by atomic mass is 10.0. The van der Waals surface area contributed by atoms with Crippen LogP contribution in [0, 0.1) is 0 Å². The van der Waals surface area contributed by atoms with Crippen LogP contribution in [0.1, 0.15) is 103 Å². The third kappa shape index (κ3) is 29.9. The molecule has 17 nitrogen and oxygen atoms in total. The second-order valence-corrected chi connectivity index (χ2v) is 18.9. The van der Waals surface area contributed by atoms with E-state index in [1.807, 2.05) is 21.1 Å². The number of carboxylic acid groups (broad SMARTS) is 4. The largest absolute Gasteiger partial charge is 0.854 e. The fourth-order valence-corrected chi connectivity index (χ4v) is 8.99. The minimum atomic E-state index is -3.88. The molecule has 0 saturated carbocycles. The highest BCUT2D eigenvalue weighted by Gasteiger charge is 2.36. The van der Waals surface area contributed by atoms with Gasteiger partial charge in [0, 0.05) is 51.9 Å². The Hall–Kier alpha value is -2.21. The van der Waals surface area contributed by atoms with Gasteiger partial charge in [0.1, 0.15) is 13.2 Å². The Bertz CT molecular complexity index is 1190. The molecule has 0 radical (unpaired) electrons.